The standard InChI is InChI=1S/C58H41NO.C30H20BrNO.C28H21B.C6H14O2/c1-57(2)49-21-9-11-23-51(49)58(52-24-12-10-22-50(52)57)48-20-8-6-17-44(48)45-36-31-41(37-53(45)58)40-29-34-43(35-30-40)59(42-32-27-39(28-33-42)38-15-4-3-5-16-38)54-25-14-19-47-46-18-7-13-26-55(46)60-56(47)54;31-23-15-19-25(20-16-23)32(24-17-13-22(14-18-24)21-7-2-1-3-8-21)28-11-6-10-27-26-9-4-5-12-29(26)33-30(27)28;1-27(2)22-11-5-7-13-24(22)28(25-14-8-6-12-23(25)27)21-10-4-3-9-19(21)20-16-15-18(29)17-26(20)28;1-5(2,7)6(3,4)8/h3-37H,1-2H3;1-20H;3-17H,1-2H3;7-8H,1-4H3. The summed E-state index contributed by atoms with van der Waals surface area (Å²) in [5, 5.41) is 22.7. The molecule has 4 aliphatic carbocycles. The highest BCUT2D eigenvalue weighted by Crippen LogP contribution is 2.65. The number of aliphatic hydroxyl groups is 2. The Morgan fingerprint density at radius 3 is 0.908 bits per heavy atom. The summed E-state index contributed by atoms with van der Waals surface area (Å²) >= 11 is 3.57. The van der Waals surface area contributed by atoms with Crippen LogP contribution in [0, 0.1) is 0 Å². The van der Waals surface area contributed by atoms with Crippen molar-refractivity contribution in [2.24, 2.45) is 0 Å². The SMILES string of the molecule is Brc1ccc(N(c2ccc(-c3ccccc3)cc2)c2cccc3c2oc2ccccc23)cc1.CC(C)(O)C(C)(C)O.CC1(C)c2ccccc2C2(c3ccccc3-c3ccc(-c4ccc(N(c5ccc(-c6ccccc6)cc5)c5cccc6c5oc5ccccc56)cc4)cc32)c2ccccc21.[B]c1ccc2c(c1)C1(c3ccccc3-2)c2ccccc2C(C)(C)c2ccccc21. The van der Waals surface area contributed by atoms with Gasteiger partial charge in [-0.15, -0.1) is 0 Å². The molecule has 24 rings (SSSR count). The smallest absolute Gasteiger partial charge is 0.159 e. The van der Waals surface area contributed by atoms with Crippen LogP contribution in [0.3, 0.4) is 0 Å². The van der Waals surface area contributed by atoms with E-state index in [1.165, 1.54) is 122 Å². The molecule has 0 atom stereocenters. The first kappa shape index (κ1) is 82.6. The highest BCUT2D eigenvalue weighted by Gasteiger charge is 2.55. The lowest BCUT2D eigenvalue weighted by molar-refractivity contribution is -0.107. The highest BCUT2D eigenvalue weighted by molar-refractivity contribution is 9.10. The first-order valence-corrected chi connectivity index (χ1v) is 45.6. The second kappa shape index (κ2) is 32.4. The van der Waals surface area contributed by atoms with E-state index in [9.17, 15) is 0 Å². The van der Waals surface area contributed by atoms with Gasteiger partial charge in [-0.2, -0.15) is 0 Å². The van der Waals surface area contributed by atoms with Crippen molar-refractivity contribution in [1.82, 2.24) is 0 Å². The monoisotopic (exact) mass is 1740 g/mol. The minimum Gasteiger partial charge on any atom is -0.454 e. The van der Waals surface area contributed by atoms with Crippen LogP contribution in [0.25, 0.3) is 99.5 Å². The Kier molecular flexibility index (Phi) is 20.6. The van der Waals surface area contributed by atoms with E-state index in [0.717, 1.165) is 87.9 Å². The summed E-state index contributed by atoms with van der Waals surface area (Å²) in [6.45, 7) is 15.8. The van der Waals surface area contributed by atoms with Crippen LogP contribution in [0.5, 0.6) is 0 Å². The average Bonchev–Trinajstić information content (AvgIpc) is 1.46. The zero-order valence-electron chi connectivity index (χ0n) is 74.0. The first-order valence-electron chi connectivity index (χ1n) is 44.8. The molecule has 2 radical (unpaired) electrons. The van der Waals surface area contributed by atoms with Gasteiger partial charge >= 0.3 is 0 Å². The Labute approximate surface area is 770 Å². The number of furan rings is 2. The van der Waals surface area contributed by atoms with E-state index in [4.69, 9.17) is 26.9 Å². The molecular formula is C122H96BBrN2O4. The van der Waals surface area contributed by atoms with Crippen molar-refractivity contribution in [3.8, 4) is 55.6 Å². The summed E-state index contributed by atoms with van der Waals surface area (Å²) in [5.74, 6) is 0. The molecule has 0 saturated carbocycles. The summed E-state index contributed by atoms with van der Waals surface area (Å²) in [6.07, 6.45) is 0. The molecule has 2 spiro atoms. The molecule has 130 heavy (non-hydrogen) atoms. The van der Waals surface area contributed by atoms with Crippen molar-refractivity contribution in [3.63, 3.8) is 0 Å². The number of halogens is 1. The molecular weight excluding hydrogens is 1650 g/mol. The predicted molar refractivity (Wildman–Crippen MR) is 544 cm³/mol. The van der Waals surface area contributed by atoms with Crippen LogP contribution in [0.1, 0.15) is 122 Å². The van der Waals surface area contributed by atoms with Gasteiger partial charge in [0.15, 0.2) is 11.2 Å². The Bertz CT molecular complexity index is 7600. The number of fused-ring (bicyclic) bond motifs is 24. The van der Waals surface area contributed by atoms with Gasteiger partial charge in [-0.05, 0) is 241 Å². The lowest BCUT2D eigenvalue weighted by Crippen LogP contribution is -2.44. The van der Waals surface area contributed by atoms with Crippen LogP contribution in [-0.2, 0) is 21.7 Å². The fraction of sp³-hybridized carbons (Fsp3) is 0.115. The zero-order valence-corrected chi connectivity index (χ0v) is 75.6. The van der Waals surface area contributed by atoms with Gasteiger partial charge in [0.25, 0.3) is 0 Å². The van der Waals surface area contributed by atoms with Crippen LogP contribution in [0.15, 0.2) is 438 Å². The van der Waals surface area contributed by atoms with Gasteiger partial charge in [-0.1, -0.05) is 383 Å². The van der Waals surface area contributed by atoms with Crippen molar-refractivity contribution >= 4 is 107 Å². The number of hydrogen-bond donors (Lipinski definition) is 2. The lowest BCUT2D eigenvalue weighted by Gasteiger charge is -2.46. The van der Waals surface area contributed by atoms with Crippen molar-refractivity contribution in [2.45, 2.75) is 88.3 Å². The topological polar surface area (TPSA) is 73.2 Å². The van der Waals surface area contributed by atoms with E-state index >= 15 is 0 Å². The Morgan fingerprint density at radius 2 is 0.531 bits per heavy atom. The third-order valence-electron chi connectivity index (χ3n) is 27.9. The second-order valence-corrected chi connectivity index (χ2v) is 37.6. The van der Waals surface area contributed by atoms with Crippen LogP contribution >= 0.6 is 15.9 Å². The molecule has 2 heterocycles. The summed E-state index contributed by atoms with van der Waals surface area (Å²) in [5.41, 5.74) is 36.4. The van der Waals surface area contributed by atoms with E-state index in [2.05, 4.69) is 448 Å². The van der Waals surface area contributed by atoms with Crippen molar-refractivity contribution in [1.29, 1.82) is 0 Å². The van der Waals surface area contributed by atoms with Gasteiger partial charge in [-0.3, -0.25) is 0 Å². The molecule has 6 nitrogen and oxygen atoms in total. The van der Waals surface area contributed by atoms with Gasteiger partial charge in [0.05, 0.1) is 33.4 Å². The third kappa shape index (κ3) is 13.7. The van der Waals surface area contributed by atoms with Gasteiger partial charge < -0.3 is 28.8 Å². The molecule has 2 aromatic heterocycles. The predicted octanol–water partition coefficient (Wildman–Crippen LogP) is 30.9. The van der Waals surface area contributed by atoms with Crippen LogP contribution in [0.2, 0.25) is 0 Å². The number of anilines is 6. The van der Waals surface area contributed by atoms with E-state index in [-0.39, 0.29) is 16.2 Å². The van der Waals surface area contributed by atoms with Gasteiger partial charge in [0.1, 0.15) is 19.0 Å². The number of hydrogen-bond acceptors (Lipinski definition) is 6. The molecule has 2 N–H and O–H groups in total. The number of nitrogens with zero attached hydrogens (tertiary/aromatic N) is 2. The van der Waals surface area contributed by atoms with Crippen LogP contribution < -0.4 is 15.3 Å². The minimum absolute atomic E-state index is 0.0591. The van der Waals surface area contributed by atoms with Crippen LogP contribution in [0.4, 0.5) is 34.1 Å². The second-order valence-electron chi connectivity index (χ2n) is 36.7. The van der Waals surface area contributed by atoms with Crippen molar-refractivity contribution in [3.05, 3.63) is 496 Å². The maximum atomic E-state index is 9.10. The summed E-state index contributed by atoms with van der Waals surface area (Å²) < 4.78 is 14.1. The molecule has 4 aliphatic rings. The lowest BCUT2D eigenvalue weighted by atomic mass is 9.55. The largest absolute Gasteiger partial charge is 0.454 e. The van der Waals surface area contributed by atoms with Crippen molar-refractivity contribution in [2.75, 3.05) is 9.80 Å². The summed E-state index contributed by atoms with van der Waals surface area (Å²) in [4.78, 5) is 4.58. The number of rotatable bonds is 10. The minimum atomic E-state index is -1.01. The maximum Gasteiger partial charge on any atom is 0.159 e. The summed E-state index contributed by atoms with van der Waals surface area (Å²) in [7, 11) is 6.35. The molecule has 0 amide bonds. The summed E-state index contributed by atoms with van der Waals surface area (Å²) in [6, 6.07) is 153. The van der Waals surface area contributed by atoms with E-state index in [1.54, 1.807) is 27.7 Å². The quantitative estimate of drug-likeness (QED) is 0.133. The zero-order chi connectivity index (χ0) is 89.0. The number of benzene rings is 18. The molecule has 0 fully saturated rings. The molecule has 18 aromatic carbocycles. The van der Waals surface area contributed by atoms with Crippen LogP contribution in [-0.4, -0.2) is 29.3 Å². The Balaban J connectivity index is 0.000000123. The van der Waals surface area contributed by atoms with E-state index < -0.39 is 16.6 Å². The maximum absolute atomic E-state index is 9.10. The average molecular weight is 1740 g/mol. The molecule has 0 bridgehead atoms. The van der Waals surface area contributed by atoms with E-state index in [1.807, 2.05) is 30.3 Å². The fourth-order valence-corrected chi connectivity index (χ4v) is 21.1. The highest BCUT2D eigenvalue weighted by atomic mass is 79.9. The normalized spacial score (nSPS) is 13.9. The third-order valence-corrected chi connectivity index (χ3v) is 28.4. The molecule has 0 unspecified atom stereocenters. The van der Waals surface area contributed by atoms with Gasteiger partial charge in [-0.25, -0.2) is 0 Å². The molecule has 8 heteroatoms. The van der Waals surface area contributed by atoms with Crippen molar-refractivity contribution < 1.29 is 19.0 Å². The molecule has 628 valence electrons. The Hall–Kier alpha value is -14.4. The molecule has 20 aromatic rings. The first-order chi connectivity index (χ1) is 63.1. The number of para-hydroxylation sites is 4. The molecule has 0 aliphatic heterocycles. The molecule has 0 saturated heterocycles. The fourth-order valence-electron chi connectivity index (χ4n) is 20.8. The van der Waals surface area contributed by atoms with Gasteiger partial charge in [0, 0.05) is 59.6 Å². The Morgan fingerprint density at radius 1 is 0.254 bits per heavy atom. The van der Waals surface area contributed by atoms with E-state index in [0.29, 0.717) is 0 Å². The van der Waals surface area contributed by atoms with Gasteiger partial charge in [0.2, 0.25) is 0 Å².